The molecule has 1 atom stereocenters. The average Bonchev–Trinajstić information content (AvgIpc) is 3.16. The Morgan fingerprint density at radius 1 is 1.26 bits per heavy atom. The number of fused-ring (bicyclic) bond motifs is 1. The van der Waals surface area contributed by atoms with Gasteiger partial charge in [0, 0.05) is 30.1 Å². The van der Waals surface area contributed by atoms with Crippen LogP contribution in [0.25, 0.3) is 0 Å². The first kappa shape index (κ1) is 18.1. The second kappa shape index (κ2) is 7.40. The molecule has 4 rings (SSSR count). The smallest absolute Gasteiger partial charge is 0.259 e. The molecule has 0 radical (unpaired) electrons. The van der Waals surface area contributed by atoms with Gasteiger partial charge in [-0.2, -0.15) is 0 Å². The number of benzene rings is 1. The molecular formula is C20H25FN4O2. The predicted octanol–water partition coefficient (Wildman–Crippen LogP) is 2.80. The Labute approximate surface area is 158 Å². The highest BCUT2D eigenvalue weighted by atomic mass is 19.1. The average molecular weight is 372 g/mol. The third-order valence-electron chi connectivity index (χ3n) is 5.35. The number of anilines is 2. The molecule has 0 spiro atoms. The van der Waals surface area contributed by atoms with Gasteiger partial charge in [-0.15, -0.1) is 0 Å². The lowest BCUT2D eigenvalue weighted by Gasteiger charge is -2.39. The number of hydrogen-bond donors (Lipinski definition) is 0. The zero-order chi connectivity index (χ0) is 19.0. The summed E-state index contributed by atoms with van der Waals surface area (Å²) in [5, 5.41) is 0. The summed E-state index contributed by atoms with van der Waals surface area (Å²) in [6.45, 7) is 6.50. The third-order valence-corrected chi connectivity index (χ3v) is 5.35. The number of ether oxygens (including phenoxy) is 1. The number of nitrogens with zero attached hydrogens (tertiary/aromatic N) is 4. The highest BCUT2D eigenvalue weighted by molar-refractivity contribution is 5.58. The van der Waals surface area contributed by atoms with Crippen molar-refractivity contribution in [2.75, 3.05) is 24.7 Å². The van der Waals surface area contributed by atoms with Gasteiger partial charge < -0.3 is 4.74 Å². The van der Waals surface area contributed by atoms with Crippen molar-refractivity contribution < 1.29 is 9.13 Å². The van der Waals surface area contributed by atoms with Crippen LogP contribution in [0.2, 0.25) is 0 Å². The number of aryl methyl sites for hydroxylation is 1. The first-order valence-corrected chi connectivity index (χ1v) is 9.54. The normalized spacial score (nSPS) is 20.1. The minimum absolute atomic E-state index is 0.00384. The second-order valence-electron chi connectivity index (χ2n) is 7.24. The van der Waals surface area contributed by atoms with Crippen LogP contribution in [0.15, 0.2) is 29.1 Å². The van der Waals surface area contributed by atoms with Crippen molar-refractivity contribution in [1.82, 2.24) is 14.5 Å². The summed E-state index contributed by atoms with van der Waals surface area (Å²) >= 11 is 0. The second-order valence-corrected chi connectivity index (χ2v) is 7.24. The number of rotatable bonds is 4. The Bertz CT molecular complexity index is 875. The molecule has 0 N–H and O–H groups in total. The summed E-state index contributed by atoms with van der Waals surface area (Å²) < 4.78 is 20.9. The van der Waals surface area contributed by atoms with Gasteiger partial charge in [0.15, 0.2) is 0 Å². The summed E-state index contributed by atoms with van der Waals surface area (Å²) in [6, 6.07) is 6.32. The van der Waals surface area contributed by atoms with E-state index in [1.54, 1.807) is 16.7 Å². The van der Waals surface area contributed by atoms with Crippen LogP contribution in [-0.4, -0.2) is 40.4 Å². The molecule has 1 aromatic heterocycles. The maximum atomic E-state index is 13.4. The van der Waals surface area contributed by atoms with Gasteiger partial charge in [-0.25, -0.2) is 9.37 Å². The van der Waals surface area contributed by atoms with Gasteiger partial charge in [-0.3, -0.25) is 19.2 Å². The molecule has 6 nitrogen and oxygen atoms in total. The summed E-state index contributed by atoms with van der Waals surface area (Å²) in [4.78, 5) is 22.0. The maximum Gasteiger partial charge on any atom is 0.259 e. The van der Waals surface area contributed by atoms with Crippen molar-refractivity contribution in [1.29, 1.82) is 0 Å². The molecule has 2 aliphatic rings. The van der Waals surface area contributed by atoms with Crippen molar-refractivity contribution in [3.05, 3.63) is 51.7 Å². The fraction of sp³-hybridized carbons (Fsp3) is 0.500. The topological polar surface area (TPSA) is 50.6 Å². The van der Waals surface area contributed by atoms with Crippen molar-refractivity contribution in [3.8, 4) is 0 Å². The lowest BCUT2D eigenvalue weighted by Crippen LogP contribution is -2.49. The molecule has 1 saturated heterocycles. The van der Waals surface area contributed by atoms with Crippen molar-refractivity contribution in [2.24, 2.45) is 0 Å². The van der Waals surface area contributed by atoms with Crippen LogP contribution in [0.5, 0.6) is 0 Å². The third kappa shape index (κ3) is 3.49. The Kier molecular flexibility index (Phi) is 4.97. The van der Waals surface area contributed by atoms with E-state index in [1.165, 1.54) is 12.1 Å². The van der Waals surface area contributed by atoms with Gasteiger partial charge in [0.25, 0.3) is 5.56 Å². The standard InChI is InChI=1S/C20H25FN4O2/c1-3-18-14(2)22-20-24(16-8-6-15(21)7-9-16)12-23(13-25(20)19(18)26)11-17-5-4-10-27-17/h6-9,17H,3-5,10-13H2,1-2H3. The SMILES string of the molecule is CCc1c(C)nc2n(c1=O)CN(CC1CCCO1)CN2c1ccc(F)cc1. The zero-order valence-corrected chi connectivity index (χ0v) is 15.8. The van der Waals surface area contributed by atoms with Gasteiger partial charge in [-0.05, 0) is 50.5 Å². The molecule has 144 valence electrons. The molecule has 0 bridgehead atoms. The molecule has 1 fully saturated rings. The van der Waals surface area contributed by atoms with Crippen LogP contribution in [0.1, 0.15) is 31.0 Å². The maximum absolute atomic E-state index is 13.4. The highest BCUT2D eigenvalue weighted by Gasteiger charge is 2.29. The Morgan fingerprint density at radius 3 is 2.70 bits per heavy atom. The molecule has 0 saturated carbocycles. The van der Waals surface area contributed by atoms with E-state index in [1.807, 2.05) is 18.7 Å². The summed E-state index contributed by atoms with van der Waals surface area (Å²) in [5.41, 5.74) is 2.33. The molecule has 0 aliphatic carbocycles. The van der Waals surface area contributed by atoms with Crippen LogP contribution < -0.4 is 10.5 Å². The predicted molar refractivity (Wildman–Crippen MR) is 102 cm³/mol. The van der Waals surface area contributed by atoms with E-state index in [0.717, 1.165) is 42.9 Å². The molecule has 1 aromatic carbocycles. The summed E-state index contributed by atoms with van der Waals surface area (Å²) in [6.07, 6.45) is 2.97. The molecule has 0 amide bonds. The van der Waals surface area contributed by atoms with Crippen molar-refractivity contribution in [2.45, 2.75) is 45.9 Å². The fourth-order valence-electron chi connectivity index (χ4n) is 3.94. The summed E-state index contributed by atoms with van der Waals surface area (Å²) in [7, 11) is 0. The minimum atomic E-state index is -0.283. The molecule has 2 aromatic rings. The zero-order valence-electron chi connectivity index (χ0n) is 15.8. The van der Waals surface area contributed by atoms with Gasteiger partial charge in [-0.1, -0.05) is 6.92 Å². The van der Waals surface area contributed by atoms with E-state index in [9.17, 15) is 9.18 Å². The molecule has 2 aliphatic heterocycles. The first-order chi connectivity index (χ1) is 13.1. The van der Waals surface area contributed by atoms with E-state index in [2.05, 4.69) is 4.90 Å². The number of halogens is 1. The molecule has 7 heteroatoms. The fourth-order valence-corrected chi connectivity index (χ4v) is 3.94. The lowest BCUT2D eigenvalue weighted by atomic mass is 10.2. The van der Waals surface area contributed by atoms with Crippen LogP contribution >= 0.6 is 0 Å². The van der Waals surface area contributed by atoms with Crippen LogP contribution in [-0.2, 0) is 17.8 Å². The Balaban J connectivity index is 1.75. The molecular weight excluding hydrogens is 347 g/mol. The van der Waals surface area contributed by atoms with Crippen LogP contribution in [0, 0.1) is 12.7 Å². The summed E-state index contributed by atoms with van der Waals surface area (Å²) in [5.74, 6) is 0.333. The van der Waals surface area contributed by atoms with E-state index < -0.39 is 0 Å². The van der Waals surface area contributed by atoms with Crippen LogP contribution in [0.3, 0.4) is 0 Å². The van der Waals surface area contributed by atoms with Gasteiger partial charge in [0.1, 0.15) is 5.82 Å². The number of aromatic nitrogens is 2. The van der Waals surface area contributed by atoms with Crippen molar-refractivity contribution in [3.63, 3.8) is 0 Å². The number of hydrogen-bond acceptors (Lipinski definition) is 5. The quantitative estimate of drug-likeness (QED) is 0.826. The minimum Gasteiger partial charge on any atom is -0.377 e. The van der Waals surface area contributed by atoms with E-state index >= 15 is 0 Å². The Hall–Kier alpha value is -2.25. The Morgan fingerprint density at radius 2 is 2.04 bits per heavy atom. The van der Waals surface area contributed by atoms with E-state index in [4.69, 9.17) is 9.72 Å². The van der Waals surface area contributed by atoms with E-state index in [0.29, 0.717) is 25.7 Å². The lowest BCUT2D eigenvalue weighted by molar-refractivity contribution is 0.0584. The molecule has 27 heavy (non-hydrogen) atoms. The van der Waals surface area contributed by atoms with Gasteiger partial charge in [0.2, 0.25) is 5.95 Å². The first-order valence-electron chi connectivity index (χ1n) is 9.54. The van der Waals surface area contributed by atoms with E-state index in [-0.39, 0.29) is 17.5 Å². The highest BCUT2D eigenvalue weighted by Crippen LogP contribution is 2.28. The van der Waals surface area contributed by atoms with Crippen molar-refractivity contribution >= 4 is 11.6 Å². The van der Waals surface area contributed by atoms with Gasteiger partial charge >= 0.3 is 0 Å². The monoisotopic (exact) mass is 372 g/mol. The van der Waals surface area contributed by atoms with Crippen LogP contribution in [0.4, 0.5) is 16.0 Å². The van der Waals surface area contributed by atoms with Gasteiger partial charge in [0.05, 0.1) is 19.4 Å². The molecule has 3 heterocycles. The largest absolute Gasteiger partial charge is 0.377 e. The molecule has 1 unspecified atom stereocenters.